The summed E-state index contributed by atoms with van der Waals surface area (Å²) in [5.74, 6) is 0.317. The molecule has 0 aromatic heterocycles. The normalized spacial score (nSPS) is 21.9. The SMILES string of the molecule is COC(C)(C(N)=O)N1CCC(CCN2CCN(c3cccc(C)c3C)CC2)CC1. The van der Waals surface area contributed by atoms with Crippen LogP contribution in [0.1, 0.15) is 37.3 Å². The smallest absolute Gasteiger partial charge is 0.264 e. The van der Waals surface area contributed by atoms with Gasteiger partial charge in [-0.05, 0) is 69.7 Å². The first-order valence-electron chi connectivity index (χ1n) is 11.0. The van der Waals surface area contributed by atoms with Crippen LogP contribution in [0.25, 0.3) is 0 Å². The van der Waals surface area contributed by atoms with Gasteiger partial charge in [0.05, 0.1) is 0 Å². The number of carbonyl (C=O) groups is 1. The largest absolute Gasteiger partial charge is 0.369 e. The summed E-state index contributed by atoms with van der Waals surface area (Å²) in [7, 11) is 1.56. The van der Waals surface area contributed by atoms with Crippen LogP contribution in [-0.2, 0) is 9.53 Å². The van der Waals surface area contributed by atoms with E-state index in [1.165, 1.54) is 29.8 Å². The van der Waals surface area contributed by atoms with Crippen molar-refractivity contribution in [3.63, 3.8) is 0 Å². The monoisotopic (exact) mass is 402 g/mol. The average Bonchev–Trinajstić information content (AvgIpc) is 2.74. The summed E-state index contributed by atoms with van der Waals surface area (Å²) in [6.07, 6.45) is 3.45. The van der Waals surface area contributed by atoms with Crippen LogP contribution >= 0.6 is 0 Å². The zero-order valence-corrected chi connectivity index (χ0v) is 18.6. The standard InChI is InChI=1S/C23H38N4O2/c1-18-6-5-7-21(19(18)2)26-16-14-25(15-17-26)11-8-20-9-12-27(13-10-20)23(3,29-4)22(24)28/h5-7,20H,8-17H2,1-4H3,(H2,24,28). The molecule has 2 fully saturated rings. The minimum absolute atomic E-state index is 0.403. The number of nitrogens with two attached hydrogens (primary N) is 1. The van der Waals surface area contributed by atoms with Gasteiger partial charge in [-0.25, -0.2) is 0 Å². The van der Waals surface area contributed by atoms with E-state index in [2.05, 4.69) is 46.7 Å². The maximum Gasteiger partial charge on any atom is 0.264 e. The number of hydrogen-bond acceptors (Lipinski definition) is 5. The van der Waals surface area contributed by atoms with Crippen LogP contribution < -0.4 is 10.6 Å². The van der Waals surface area contributed by atoms with Gasteiger partial charge in [0, 0.05) is 52.1 Å². The third-order valence-electron chi connectivity index (χ3n) is 7.22. The maximum absolute atomic E-state index is 11.8. The van der Waals surface area contributed by atoms with Crippen LogP contribution in [0.5, 0.6) is 0 Å². The quantitative estimate of drug-likeness (QED) is 0.759. The fourth-order valence-corrected chi connectivity index (χ4v) is 4.69. The summed E-state index contributed by atoms with van der Waals surface area (Å²) in [6.45, 7) is 13.6. The second kappa shape index (κ2) is 9.45. The fourth-order valence-electron chi connectivity index (χ4n) is 4.69. The number of rotatable bonds is 7. The van der Waals surface area contributed by atoms with Crippen molar-refractivity contribution < 1.29 is 9.53 Å². The first-order chi connectivity index (χ1) is 13.8. The number of aryl methyl sites for hydroxylation is 1. The van der Waals surface area contributed by atoms with Crippen LogP contribution in [0.4, 0.5) is 5.69 Å². The molecule has 29 heavy (non-hydrogen) atoms. The lowest BCUT2D eigenvalue weighted by atomic mass is 9.92. The molecule has 0 saturated carbocycles. The number of likely N-dealkylation sites (tertiary alicyclic amines) is 1. The van der Waals surface area contributed by atoms with Crippen molar-refractivity contribution in [1.82, 2.24) is 9.80 Å². The van der Waals surface area contributed by atoms with Gasteiger partial charge in [-0.15, -0.1) is 0 Å². The second-order valence-corrected chi connectivity index (χ2v) is 8.82. The topological polar surface area (TPSA) is 62.0 Å². The molecule has 1 aromatic carbocycles. The predicted molar refractivity (Wildman–Crippen MR) is 118 cm³/mol. The molecule has 3 rings (SSSR count). The Morgan fingerprint density at radius 3 is 2.38 bits per heavy atom. The summed E-state index contributed by atoms with van der Waals surface area (Å²) >= 11 is 0. The molecule has 2 aliphatic heterocycles. The summed E-state index contributed by atoms with van der Waals surface area (Å²) < 4.78 is 5.43. The van der Waals surface area contributed by atoms with Gasteiger partial charge in [0.25, 0.3) is 5.91 Å². The number of amides is 1. The third kappa shape index (κ3) is 4.93. The number of benzene rings is 1. The molecule has 0 bridgehead atoms. The molecule has 2 heterocycles. The van der Waals surface area contributed by atoms with Gasteiger partial charge in [-0.3, -0.25) is 14.6 Å². The highest BCUT2D eigenvalue weighted by molar-refractivity contribution is 5.82. The van der Waals surface area contributed by atoms with Crippen LogP contribution in [0.15, 0.2) is 18.2 Å². The molecule has 1 amide bonds. The Labute approximate surface area is 176 Å². The molecule has 2 saturated heterocycles. The lowest BCUT2D eigenvalue weighted by Gasteiger charge is -2.42. The van der Waals surface area contributed by atoms with Crippen molar-refractivity contribution in [2.45, 2.75) is 45.8 Å². The predicted octanol–water partition coefficient (Wildman–Crippen LogP) is 2.38. The molecule has 1 unspecified atom stereocenters. The molecule has 162 valence electrons. The third-order valence-corrected chi connectivity index (χ3v) is 7.22. The van der Waals surface area contributed by atoms with E-state index in [9.17, 15) is 4.79 Å². The lowest BCUT2D eigenvalue weighted by Crippen LogP contribution is -2.59. The van der Waals surface area contributed by atoms with Gasteiger partial charge in [0.15, 0.2) is 5.72 Å². The van der Waals surface area contributed by atoms with Crippen molar-refractivity contribution in [3.8, 4) is 0 Å². The van der Waals surface area contributed by atoms with Crippen molar-refractivity contribution >= 4 is 11.6 Å². The molecule has 0 spiro atoms. The van der Waals surface area contributed by atoms with Gasteiger partial charge in [0.1, 0.15) is 0 Å². The summed E-state index contributed by atoms with van der Waals surface area (Å²) in [5, 5.41) is 0. The molecule has 6 nitrogen and oxygen atoms in total. The molecule has 6 heteroatoms. The zero-order chi connectivity index (χ0) is 21.0. The number of carbonyl (C=O) groups excluding carboxylic acids is 1. The molecule has 1 aromatic rings. The molecule has 0 aliphatic carbocycles. The number of anilines is 1. The zero-order valence-electron chi connectivity index (χ0n) is 18.6. The van der Waals surface area contributed by atoms with Gasteiger partial charge >= 0.3 is 0 Å². The van der Waals surface area contributed by atoms with E-state index in [-0.39, 0.29) is 0 Å². The Bertz CT molecular complexity index is 694. The van der Waals surface area contributed by atoms with Crippen molar-refractivity contribution in [3.05, 3.63) is 29.3 Å². The number of piperazine rings is 1. The Kier molecular flexibility index (Phi) is 7.19. The fraction of sp³-hybridized carbons (Fsp3) is 0.696. The molecule has 0 radical (unpaired) electrons. The highest BCUT2D eigenvalue weighted by atomic mass is 16.5. The first-order valence-corrected chi connectivity index (χ1v) is 11.0. The highest BCUT2D eigenvalue weighted by Crippen LogP contribution is 2.28. The van der Waals surface area contributed by atoms with Crippen LogP contribution in [0, 0.1) is 19.8 Å². The van der Waals surface area contributed by atoms with Gasteiger partial charge in [0.2, 0.25) is 0 Å². The minimum atomic E-state index is -0.977. The maximum atomic E-state index is 11.8. The molecule has 2 aliphatic rings. The number of piperidine rings is 1. The number of primary amides is 1. The number of hydrogen-bond donors (Lipinski definition) is 1. The van der Waals surface area contributed by atoms with Crippen LogP contribution in [-0.4, -0.2) is 74.4 Å². The number of methoxy groups -OCH3 is 1. The van der Waals surface area contributed by atoms with Crippen LogP contribution in [0.3, 0.4) is 0 Å². The lowest BCUT2D eigenvalue weighted by molar-refractivity contribution is -0.168. The Morgan fingerprint density at radius 2 is 1.79 bits per heavy atom. The van der Waals surface area contributed by atoms with Crippen molar-refractivity contribution in [2.24, 2.45) is 11.7 Å². The van der Waals surface area contributed by atoms with E-state index in [4.69, 9.17) is 10.5 Å². The van der Waals surface area contributed by atoms with E-state index >= 15 is 0 Å². The average molecular weight is 403 g/mol. The van der Waals surface area contributed by atoms with E-state index < -0.39 is 11.6 Å². The molecular weight excluding hydrogens is 364 g/mol. The summed E-state index contributed by atoms with van der Waals surface area (Å²) in [5.41, 5.74) is 8.76. The Balaban J connectivity index is 1.41. The summed E-state index contributed by atoms with van der Waals surface area (Å²) in [6, 6.07) is 6.62. The van der Waals surface area contributed by atoms with Gasteiger partial charge < -0.3 is 15.4 Å². The number of ether oxygens (including phenoxy) is 1. The minimum Gasteiger partial charge on any atom is -0.369 e. The van der Waals surface area contributed by atoms with Crippen molar-refractivity contribution in [1.29, 1.82) is 0 Å². The van der Waals surface area contributed by atoms with Gasteiger partial charge in [-0.1, -0.05) is 12.1 Å². The van der Waals surface area contributed by atoms with Crippen molar-refractivity contribution in [2.75, 3.05) is 57.8 Å². The Morgan fingerprint density at radius 1 is 1.14 bits per heavy atom. The molecule has 1 atom stereocenters. The summed E-state index contributed by atoms with van der Waals surface area (Å²) in [4.78, 5) is 19.0. The van der Waals surface area contributed by atoms with Gasteiger partial charge in [-0.2, -0.15) is 0 Å². The first kappa shape index (κ1) is 22.1. The molecule has 2 N–H and O–H groups in total. The Hall–Kier alpha value is -1.63. The van der Waals surface area contributed by atoms with E-state index in [0.29, 0.717) is 0 Å². The number of nitrogens with zero attached hydrogens (tertiary/aromatic N) is 3. The second-order valence-electron chi connectivity index (χ2n) is 8.82. The van der Waals surface area contributed by atoms with E-state index in [0.717, 1.165) is 58.0 Å². The molecular formula is C23H38N4O2. The van der Waals surface area contributed by atoms with E-state index in [1.807, 2.05) is 0 Å². The van der Waals surface area contributed by atoms with Crippen LogP contribution in [0.2, 0.25) is 0 Å². The van der Waals surface area contributed by atoms with E-state index in [1.54, 1.807) is 14.0 Å². The highest BCUT2D eigenvalue weighted by Gasteiger charge is 2.39.